The molecule has 106 valence electrons. The smallest absolute Gasteiger partial charge is 0.247 e. The van der Waals surface area contributed by atoms with Gasteiger partial charge in [0.2, 0.25) is 11.8 Å². The number of nitrogens with zero attached hydrogens (tertiary/aromatic N) is 2. The Hall–Kier alpha value is -1.88. The molecule has 0 spiro atoms. The zero-order chi connectivity index (χ0) is 14.1. The number of benzene rings is 1. The Balaban J connectivity index is 1.84. The summed E-state index contributed by atoms with van der Waals surface area (Å²) >= 11 is 0. The first-order chi connectivity index (χ1) is 9.65. The Morgan fingerprint density at radius 3 is 2.80 bits per heavy atom. The Morgan fingerprint density at radius 2 is 2.05 bits per heavy atom. The first-order valence-electron chi connectivity index (χ1n) is 7.03. The number of likely N-dealkylation sites (N-methyl/N-ethyl adjacent to an activating group) is 1. The molecule has 5 nitrogen and oxygen atoms in total. The Kier molecular flexibility index (Phi) is 3.44. The van der Waals surface area contributed by atoms with Crippen LogP contribution in [0.4, 0.5) is 5.69 Å². The monoisotopic (exact) mass is 273 g/mol. The van der Waals surface area contributed by atoms with Crippen LogP contribution < -0.4 is 10.2 Å². The third kappa shape index (κ3) is 2.41. The second kappa shape index (κ2) is 5.25. The fraction of sp³-hybridized carbons (Fsp3) is 0.467. The van der Waals surface area contributed by atoms with Gasteiger partial charge in [-0.1, -0.05) is 12.1 Å². The van der Waals surface area contributed by atoms with E-state index in [0.29, 0.717) is 6.04 Å². The van der Waals surface area contributed by atoms with E-state index in [1.165, 1.54) is 16.9 Å². The summed E-state index contributed by atoms with van der Waals surface area (Å²) in [6, 6.07) is 8.33. The molecule has 1 N–H and O–H groups in total. The highest BCUT2D eigenvalue weighted by Crippen LogP contribution is 2.27. The van der Waals surface area contributed by atoms with Crippen LogP contribution in [0.1, 0.15) is 24.4 Å². The number of carbonyl (C=O) groups is 2. The van der Waals surface area contributed by atoms with E-state index in [4.69, 9.17) is 0 Å². The first-order valence-corrected chi connectivity index (χ1v) is 7.03. The van der Waals surface area contributed by atoms with Gasteiger partial charge in [0, 0.05) is 18.8 Å². The van der Waals surface area contributed by atoms with Crippen molar-refractivity contribution in [2.75, 3.05) is 31.6 Å². The maximum absolute atomic E-state index is 12.1. The summed E-state index contributed by atoms with van der Waals surface area (Å²) in [5.74, 6) is -0.0439. The molecular formula is C15H19N3O2. The van der Waals surface area contributed by atoms with Gasteiger partial charge in [0.15, 0.2) is 0 Å². The number of rotatable bonds is 2. The lowest BCUT2D eigenvalue weighted by molar-refractivity contribution is -0.136. The summed E-state index contributed by atoms with van der Waals surface area (Å²) in [6.07, 6.45) is 2.31. The molecule has 2 aliphatic heterocycles. The van der Waals surface area contributed by atoms with E-state index in [9.17, 15) is 9.59 Å². The van der Waals surface area contributed by atoms with E-state index in [2.05, 4.69) is 11.4 Å². The molecule has 5 heteroatoms. The van der Waals surface area contributed by atoms with Crippen LogP contribution >= 0.6 is 0 Å². The minimum absolute atomic E-state index is 0.0194. The molecule has 20 heavy (non-hydrogen) atoms. The average molecular weight is 273 g/mol. The summed E-state index contributed by atoms with van der Waals surface area (Å²) in [4.78, 5) is 26.9. The molecule has 0 aromatic heterocycles. The quantitative estimate of drug-likeness (QED) is 0.871. The van der Waals surface area contributed by atoms with Crippen molar-refractivity contribution in [3.8, 4) is 0 Å². The van der Waals surface area contributed by atoms with Crippen molar-refractivity contribution in [3.05, 3.63) is 29.8 Å². The predicted octanol–water partition coefficient (Wildman–Crippen LogP) is 0.916. The number of carbonyl (C=O) groups excluding carboxylic acids is 2. The van der Waals surface area contributed by atoms with Crippen LogP contribution in [-0.4, -0.2) is 43.4 Å². The number of piperazine rings is 1. The van der Waals surface area contributed by atoms with Crippen molar-refractivity contribution in [3.63, 3.8) is 0 Å². The van der Waals surface area contributed by atoms with Crippen molar-refractivity contribution in [1.82, 2.24) is 10.2 Å². The Labute approximate surface area is 118 Å². The normalized spacial score (nSPS) is 23.6. The summed E-state index contributed by atoms with van der Waals surface area (Å²) in [6.45, 7) is 1.34. The minimum atomic E-state index is -0.0244. The van der Waals surface area contributed by atoms with Gasteiger partial charge in [0.05, 0.1) is 6.54 Å². The highest BCUT2D eigenvalue weighted by Gasteiger charge is 2.29. The van der Waals surface area contributed by atoms with Crippen molar-refractivity contribution >= 4 is 17.5 Å². The second-order valence-electron chi connectivity index (χ2n) is 5.47. The van der Waals surface area contributed by atoms with E-state index < -0.39 is 0 Å². The van der Waals surface area contributed by atoms with Gasteiger partial charge in [-0.25, -0.2) is 0 Å². The molecule has 2 amide bonds. The number of hydrogen-bond donors (Lipinski definition) is 1. The molecule has 0 aliphatic carbocycles. The number of hydrogen-bond acceptors (Lipinski definition) is 3. The molecule has 3 rings (SSSR count). The summed E-state index contributed by atoms with van der Waals surface area (Å²) in [5, 5.41) is 3.45. The number of nitrogens with one attached hydrogen (secondary N) is 1. The summed E-state index contributed by atoms with van der Waals surface area (Å²) in [5.41, 5.74) is 2.02. The first kappa shape index (κ1) is 13.1. The van der Waals surface area contributed by atoms with Gasteiger partial charge in [-0.3, -0.25) is 9.59 Å². The largest absolute Gasteiger partial charge is 0.335 e. The van der Waals surface area contributed by atoms with Crippen LogP contribution in [0.15, 0.2) is 24.3 Å². The van der Waals surface area contributed by atoms with Gasteiger partial charge in [0.1, 0.15) is 6.54 Å². The lowest BCUT2D eigenvalue weighted by Crippen LogP contribution is -2.52. The van der Waals surface area contributed by atoms with E-state index in [-0.39, 0.29) is 24.9 Å². The fourth-order valence-corrected chi connectivity index (χ4v) is 2.83. The second-order valence-corrected chi connectivity index (χ2v) is 5.47. The van der Waals surface area contributed by atoms with Gasteiger partial charge in [-0.05, 0) is 37.1 Å². The molecule has 0 saturated carbocycles. The molecule has 2 aliphatic rings. The Bertz CT molecular complexity index is 538. The van der Waals surface area contributed by atoms with Crippen molar-refractivity contribution < 1.29 is 9.59 Å². The van der Waals surface area contributed by atoms with Gasteiger partial charge < -0.3 is 15.1 Å². The van der Waals surface area contributed by atoms with E-state index in [1.807, 2.05) is 18.2 Å². The molecule has 1 unspecified atom stereocenters. The highest BCUT2D eigenvalue weighted by molar-refractivity contribution is 6.04. The molecule has 0 radical (unpaired) electrons. The van der Waals surface area contributed by atoms with E-state index >= 15 is 0 Å². The third-order valence-corrected chi connectivity index (χ3v) is 4.04. The topological polar surface area (TPSA) is 52.7 Å². The molecule has 2 fully saturated rings. The molecule has 2 heterocycles. The van der Waals surface area contributed by atoms with Crippen LogP contribution in [0.3, 0.4) is 0 Å². The average Bonchev–Trinajstić information content (AvgIpc) is 2.97. The van der Waals surface area contributed by atoms with E-state index in [0.717, 1.165) is 18.7 Å². The SMILES string of the molecule is CN1CC(=O)N(c2cccc(C3CCCN3)c2)CC1=O. The maximum Gasteiger partial charge on any atom is 0.247 e. The van der Waals surface area contributed by atoms with Crippen LogP contribution in [0, 0.1) is 0 Å². The van der Waals surface area contributed by atoms with Gasteiger partial charge in [-0.2, -0.15) is 0 Å². The Morgan fingerprint density at radius 1 is 1.20 bits per heavy atom. The van der Waals surface area contributed by atoms with E-state index in [1.54, 1.807) is 11.9 Å². The van der Waals surface area contributed by atoms with Crippen LogP contribution in [0.25, 0.3) is 0 Å². The standard InChI is InChI=1S/C15H19N3O2/c1-17-9-15(20)18(10-14(17)19)12-5-2-4-11(8-12)13-6-3-7-16-13/h2,4-5,8,13,16H,3,6-7,9-10H2,1H3. The van der Waals surface area contributed by atoms with Gasteiger partial charge >= 0.3 is 0 Å². The lowest BCUT2D eigenvalue weighted by Gasteiger charge is -2.32. The summed E-state index contributed by atoms with van der Waals surface area (Å²) < 4.78 is 0. The fourth-order valence-electron chi connectivity index (χ4n) is 2.83. The van der Waals surface area contributed by atoms with Crippen LogP contribution in [0.2, 0.25) is 0 Å². The van der Waals surface area contributed by atoms with Crippen LogP contribution in [0.5, 0.6) is 0 Å². The molecule has 0 bridgehead atoms. The maximum atomic E-state index is 12.1. The van der Waals surface area contributed by atoms with Crippen molar-refractivity contribution in [2.24, 2.45) is 0 Å². The van der Waals surface area contributed by atoms with Gasteiger partial charge in [-0.15, -0.1) is 0 Å². The zero-order valence-corrected chi connectivity index (χ0v) is 11.6. The lowest BCUT2D eigenvalue weighted by atomic mass is 10.0. The predicted molar refractivity (Wildman–Crippen MR) is 76.4 cm³/mol. The minimum Gasteiger partial charge on any atom is -0.335 e. The summed E-state index contributed by atoms with van der Waals surface area (Å²) in [7, 11) is 1.66. The van der Waals surface area contributed by atoms with Crippen molar-refractivity contribution in [2.45, 2.75) is 18.9 Å². The number of amides is 2. The molecule has 1 atom stereocenters. The van der Waals surface area contributed by atoms with Crippen LogP contribution in [-0.2, 0) is 9.59 Å². The van der Waals surface area contributed by atoms with Gasteiger partial charge in [0.25, 0.3) is 0 Å². The third-order valence-electron chi connectivity index (χ3n) is 4.04. The number of anilines is 1. The molecule has 2 saturated heterocycles. The zero-order valence-electron chi connectivity index (χ0n) is 11.6. The highest BCUT2D eigenvalue weighted by atomic mass is 16.2. The molecule has 1 aromatic rings. The van der Waals surface area contributed by atoms with Crippen molar-refractivity contribution in [1.29, 1.82) is 0 Å². The molecular weight excluding hydrogens is 254 g/mol. The molecule has 1 aromatic carbocycles.